The van der Waals surface area contributed by atoms with Gasteiger partial charge in [0.15, 0.2) is 0 Å². The molecule has 4 heterocycles. The van der Waals surface area contributed by atoms with E-state index in [1.165, 1.54) is 166 Å². The van der Waals surface area contributed by atoms with Crippen LogP contribution in [-0.2, 0) is 10.8 Å². The van der Waals surface area contributed by atoms with E-state index in [9.17, 15) is 0 Å². The Hall–Kier alpha value is -9.18. The Kier molecular flexibility index (Phi) is 6.91. The van der Waals surface area contributed by atoms with Crippen LogP contribution in [-0.4, -0.2) is 14.4 Å². The van der Waals surface area contributed by atoms with Crippen LogP contribution in [0, 0.1) is 0 Å². The Bertz CT molecular complexity index is 5050. The van der Waals surface area contributed by atoms with Gasteiger partial charge in [-0.2, -0.15) is 0 Å². The van der Waals surface area contributed by atoms with Gasteiger partial charge in [-0.05, 0) is 134 Å². The maximum absolute atomic E-state index is 5.78. The largest absolute Gasteiger partial charge is 0.305 e. The highest BCUT2D eigenvalue weighted by atomic mass is 15.0. The molecule has 4 aromatic heterocycles. The molecule has 0 saturated carbocycles. The summed E-state index contributed by atoms with van der Waals surface area (Å²) in [5.41, 5.74) is 30.3. The van der Waals surface area contributed by atoms with Crippen LogP contribution >= 0.6 is 0 Å². The van der Waals surface area contributed by atoms with Crippen LogP contribution < -0.4 is 0 Å². The van der Waals surface area contributed by atoms with Gasteiger partial charge in [-0.1, -0.05) is 196 Å². The molecule has 0 amide bonds. The van der Waals surface area contributed by atoms with E-state index in [1.807, 2.05) is 0 Å². The van der Waals surface area contributed by atoms with Crippen LogP contribution in [0.2, 0.25) is 0 Å². The Morgan fingerprint density at radius 2 is 0.922 bits per heavy atom. The molecular weight excluding hydrogens is 931 g/mol. The lowest BCUT2D eigenvalue weighted by molar-refractivity contribution is 0.331. The summed E-state index contributed by atoms with van der Waals surface area (Å²) in [6.07, 6.45) is 4.52. The third-order valence-corrected chi connectivity index (χ3v) is 20.4. The highest BCUT2D eigenvalue weighted by molar-refractivity contribution is 6.39. The minimum Gasteiger partial charge on any atom is -0.305 e. The summed E-state index contributed by atoms with van der Waals surface area (Å²) in [6, 6.07) is 76.7. The van der Waals surface area contributed by atoms with Gasteiger partial charge in [-0.25, -0.2) is 0 Å². The minimum absolute atomic E-state index is 0.0500. The molecule has 0 fully saturated rings. The third-order valence-electron chi connectivity index (χ3n) is 20.4. The Morgan fingerprint density at radius 3 is 1.60 bits per heavy atom. The average Bonchev–Trinajstić information content (AvgIpc) is 2.93. The smallest absolute Gasteiger partial charge is 0.0729 e. The lowest BCUT2D eigenvalue weighted by Crippen LogP contribution is -2.52. The van der Waals surface area contributed by atoms with Crippen LogP contribution in [0.1, 0.15) is 116 Å². The average molecular weight is 976 g/mol. The molecule has 0 saturated heterocycles. The first-order valence-corrected chi connectivity index (χ1v) is 27.6. The lowest BCUT2D eigenvalue weighted by atomic mass is 9.43. The van der Waals surface area contributed by atoms with E-state index in [-0.39, 0.29) is 34.5 Å². The zero-order valence-corrected chi connectivity index (χ0v) is 42.4. The summed E-state index contributed by atoms with van der Waals surface area (Å²) in [5, 5.41) is 10.5. The van der Waals surface area contributed by atoms with Gasteiger partial charge >= 0.3 is 0 Å². The van der Waals surface area contributed by atoms with Gasteiger partial charge in [0.2, 0.25) is 0 Å². The van der Waals surface area contributed by atoms with Crippen LogP contribution in [0.15, 0.2) is 213 Å². The molecule has 7 aliphatic carbocycles. The maximum Gasteiger partial charge on any atom is 0.0729 e. The maximum atomic E-state index is 5.78. The van der Waals surface area contributed by atoms with E-state index in [2.05, 4.69) is 231 Å². The summed E-state index contributed by atoms with van der Waals surface area (Å²) in [7, 11) is 0. The van der Waals surface area contributed by atoms with Crippen molar-refractivity contribution in [2.24, 2.45) is 0 Å². The van der Waals surface area contributed by atoms with Crippen LogP contribution in [0.25, 0.3) is 93.0 Å². The predicted octanol–water partition coefficient (Wildman–Crippen LogP) is 17.5. The summed E-state index contributed by atoms with van der Waals surface area (Å²) >= 11 is 0. The fourth-order valence-electron chi connectivity index (χ4n) is 17.7. The molecule has 1 spiro atoms. The van der Waals surface area contributed by atoms with Gasteiger partial charge in [-0.3, -0.25) is 9.97 Å². The Morgan fingerprint density at radius 1 is 0.377 bits per heavy atom. The van der Waals surface area contributed by atoms with E-state index in [0.717, 1.165) is 5.52 Å². The predicted molar refractivity (Wildman–Crippen MR) is 312 cm³/mol. The number of benzene rings is 10. The van der Waals surface area contributed by atoms with Crippen molar-refractivity contribution >= 4 is 59.6 Å². The number of nitrogens with zero attached hydrogens (tertiary/aromatic N) is 3. The lowest BCUT2D eigenvalue weighted by Gasteiger charge is -2.58. The first kappa shape index (κ1) is 40.2. The molecule has 7 aliphatic rings. The van der Waals surface area contributed by atoms with Crippen molar-refractivity contribution < 1.29 is 0 Å². The summed E-state index contributed by atoms with van der Waals surface area (Å²) < 4.78 is 2.63. The number of hydrogen-bond acceptors (Lipinski definition) is 2. The molecule has 10 aromatic carbocycles. The van der Waals surface area contributed by atoms with Crippen molar-refractivity contribution in [1.29, 1.82) is 0 Å². The molecule has 0 radical (unpaired) electrons. The van der Waals surface area contributed by atoms with Gasteiger partial charge in [0.1, 0.15) is 0 Å². The molecular formula is C74H45N3. The summed E-state index contributed by atoms with van der Waals surface area (Å²) in [6.45, 7) is 4.87. The van der Waals surface area contributed by atoms with Crippen molar-refractivity contribution in [3.05, 3.63) is 291 Å². The van der Waals surface area contributed by atoms with Crippen molar-refractivity contribution in [2.75, 3.05) is 0 Å². The topological polar surface area (TPSA) is 30.2 Å². The molecule has 21 rings (SSSR count). The molecule has 0 aliphatic heterocycles. The number of hydrogen-bond donors (Lipinski definition) is 0. The standard InChI is InChI=1S/C74H45N3/c1-73(2)52-30-16-13-23-40(52)48-33-49-47(35-55(48)73)50-34-51-62-56(36-75-70-61-43-26-11-9-24-41(43)60(65(62)70)42-25-10-12-27-44(42)61)77-57-37-76-71-67(68-45-28-14-17-31-53(45)74(68)54-32-18-15-29-46(54)69(71)74)64(57)66(72(51)77)63(50)59(39-21-7-4-8-22-39)58(49)38-19-5-3-6-20-38/h3-37,60-61,68-69H,1-2H3. The van der Waals surface area contributed by atoms with Crippen molar-refractivity contribution in [3.8, 4) is 33.4 Å². The molecule has 3 heteroatoms. The Labute approximate surface area is 444 Å². The van der Waals surface area contributed by atoms with Crippen LogP contribution in [0.5, 0.6) is 0 Å². The Balaban J connectivity index is 1.05. The zero-order valence-electron chi connectivity index (χ0n) is 42.4. The molecule has 3 nitrogen and oxygen atoms in total. The van der Waals surface area contributed by atoms with Crippen molar-refractivity contribution in [1.82, 2.24) is 14.4 Å². The van der Waals surface area contributed by atoms with E-state index < -0.39 is 0 Å². The second-order valence-electron chi connectivity index (χ2n) is 23.7. The molecule has 2 bridgehead atoms. The number of aromatic nitrogens is 3. The SMILES string of the molecule is CC1(C)c2ccccc2-c2cc3c(-c4ccccc4)c(-c4ccccc4)c4c(cc5c6c7c(ncc6n6c8cnc9c(c8c4c56)C4c5ccccc5C45c4ccccc4C95)C4c5ccccc5C7c5ccccc54)c3cc21. The quantitative estimate of drug-likeness (QED) is 0.162. The number of rotatable bonds is 2. The van der Waals surface area contributed by atoms with Crippen LogP contribution in [0.3, 0.4) is 0 Å². The first-order valence-electron chi connectivity index (χ1n) is 27.6. The van der Waals surface area contributed by atoms with Crippen molar-refractivity contribution in [3.63, 3.8) is 0 Å². The molecule has 356 valence electrons. The normalized spacial score (nSPS) is 20.8. The van der Waals surface area contributed by atoms with Gasteiger partial charge in [0, 0.05) is 55.5 Å². The van der Waals surface area contributed by atoms with Gasteiger partial charge < -0.3 is 4.40 Å². The second kappa shape index (κ2) is 13.2. The number of fused-ring (bicyclic) bond motifs is 21. The van der Waals surface area contributed by atoms with Gasteiger partial charge in [-0.15, -0.1) is 0 Å². The van der Waals surface area contributed by atoms with Crippen molar-refractivity contribution in [2.45, 2.75) is 48.3 Å². The molecule has 77 heavy (non-hydrogen) atoms. The summed E-state index contributed by atoms with van der Waals surface area (Å²) in [5.74, 6) is 0.464. The minimum atomic E-state index is -0.196. The highest BCUT2D eigenvalue weighted by Crippen LogP contribution is 2.78. The van der Waals surface area contributed by atoms with Crippen LogP contribution in [0.4, 0.5) is 0 Å². The fourth-order valence-corrected chi connectivity index (χ4v) is 17.7. The summed E-state index contributed by atoms with van der Waals surface area (Å²) in [4.78, 5) is 11.5. The van der Waals surface area contributed by atoms with Gasteiger partial charge in [0.05, 0.1) is 46.2 Å². The van der Waals surface area contributed by atoms with E-state index >= 15 is 0 Å². The molecule has 14 aromatic rings. The monoisotopic (exact) mass is 975 g/mol. The molecule has 0 N–H and O–H groups in total. The molecule has 3 atom stereocenters. The zero-order chi connectivity index (χ0) is 49.9. The fraction of sp³-hybridized carbons (Fsp3) is 0.108. The van der Waals surface area contributed by atoms with E-state index in [0.29, 0.717) is 0 Å². The number of pyridine rings is 2. The highest BCUT2D eigenvalue weighted by Gasteiger charge is 2.70. The first-order chi connectivity index (χ1) is 38.0. The van der Waals surface area contributed by atoms with E-state index in [1.54, 1.807) is 0 Å². The second-order valence-corrected chi connectivity index (χ2v) is 23.7. The third kappa shape index (κ3) is 4.29. The van der Waals surface area contributed by atoms with E-state index in [4.69, 9.17) is 9.97 Å². The molecule has 3 unspecified atom stereocenters. The van der Waals surface area contributed by atoms with Gasteiger partial charge in [0.25, 0.3) is 0 Å².